The van der Waals surface area contributed by atoms with Crippen LogP contribution < -0.4 is 5.32 Å². The van der Waals surface area contributed by atoms with Gasteiger partial charge in [0.15, 0.2) is 0 Å². The van der Waals surface area contributed by atoms with Crippen LogP contribution in [0.15, 0.2) is 0 Å². The summed E-state index contributed by atoms with van der Waals surface area (Å²) >= 11 is 0. The number of hydrogen-bond donors (Lipinski definition) is 2. The predicted octanol–water partition coefficient (Wildman–Crippen LogP) is 2.82. The summed E-state index contributed by atoms with van der Waals surface area (Å²) < 4.78 is 0. The summed E-state index contributed by atoms with van der Waals surface area (Å²) in [5.74, 6) is -0.940. The highest BCUT2D eigenvalue weighted by Gasteiger charge is 2.34. The van der Waals surface area contributed by atoms with Gasteiger partial charge < -0.3 is 10.4 Å². The number of hydrogen-bond acceptors (Lipinski definition) is 2. The number of carbonyl (C=O) groups excluding carboxylic acids is 1. The standard InChI is InChI=1S/C15H27NO3/c1-11(2)9-12(13(17)18)10-16-14(19)15(3)7-5-4-6-8-15/h11-12H,4-10H2,1-3H3,(H,16,19)(H,17,18). The van der Waals surface area contributed by atoms with Crippen LogP contribution in [0, 0.1) is 17.3 Å². The smallest absolute Gasteiger partial charge is 0.308 e. The molecule has 0 aromatic carbocycles. The van der Waals surface area contributed by atoms with Crippen molar-refractivity contribution >= 4 is 11.9 Å². The zero-order valence-corrected chi connectivity index (χ0v) is 12.4. The number of aliphatic carboxylic acids is 1. The van der Waals surface area contributed by atoms with Gasteiger partial charge in [0.25, 0.3) is 0 Å². The van der Waals surface area contributed by atoms with Crippen LogP contribution in [0.4, 0.5) is 0 Å². The van der Waals surface area contributed by atoms with E-state index < -0.39 is 11.9 Å². The van der Waals surface area contributed by atoms with E-state index >= 15 is 0 Å². The van der Waals surface area contributed by atoms with E-state index in [9.17, 15) is 9.59 Å². The normalized spacial score (nSPS) is 20.0. The van der Waals surface area contributed by atoms with E-state index in [1.807, 2.05) is 20.8 Å². The van der Waals surface area contributed by atoms with E-state index in [0.717, 1.165) is 25.7 Å². The molecule has 1 atom stereocenters. The van der Waals surface area contributed by atoms with Crippen LogP contribution in [0.1, 0.15) is 59.3 Å². The van der Waals surface area contributed by atoms with Crippen LogP contribution in [0.25, 0.3) is 0 Å². The highest BCUT2D eigenvalue weighted by molar-refractivity contribution is 5.82. The highest BCUT2D eigenvalue weighted by Crippen LogP contribution is 2.35. The molecule has 1 fully saturated rings. The van der Waals surface area contributed by atoms with Gasteiger partial charge in [0.05, 0.1) is 5.92 Å². The van der Waals surface area contributed by atoms with Gasteiger partial charge in [0, 0.05) is 12.0 Å². The van der Waals surface area contributed by atoms with E-state index in [1.54, 1.807) is 0 Å². The molecule has 1 rings (SSSR count). The van der Waals surface area contributed by atoms with Crippen molar-refractivity contribution in [1.82, 2.24) is 5.32 Å². The molecule has 2 N–H and O–H groups in total. The Morgan fingerprint density at radius 1 is 1.21 bits per heavy atom. The summed E-state index contributed by atoms with van der Waals surface area (Å²) in [6.07, 6.45) is 5.83. The van der Waals surface area contributed by atoms with Gasteiger partial charge in [0.2, 0.25) is 5.91 Å². The fourth-order valence-corrected chi connectivity index (χ4v) is 2.83. The Bertz CT molecular complexity index is 319. The van der Waals surface area contributed by atoms with E-state index in [1.165, 1.54) is 6.42 Å². The molecule has 0 radical (unpaired) electrons. The van der Waals surface area contributed by atoms with Gasteiger partial charge in [0.1, 0.15) is 0 Å². The maximum Gasteiger partial charge on any atom is 0.308 e. The van der Waals surface area contributed by atoms with E-state index in [2.05, 4.69) is 5.32 Å². The summed E-state index contributed by atoms with van der Waals surface area (Å²) in [5, 5.41) is 12.0. The summed E-state index contributed by atoms with van der Waals surface area (Å²) in [4.78, 5) is 23.4. The highest BCUT2D eigenvalue weighted by atomic mass is 16.4. The molecule has 0 aliphatic heterocycles. The molecule has 0 heterocycles. The predicted molar refractivity (Wildman–Crippen MR) is 74.8 cm³/mol. The van der Waals surface area contributed by atoms with Crippen molar-refractivity contribution in [3.8, 4) is 0 Å². The number of carbonyl (C=O) groups is 2. The third-order valence-corrected chi connectivity index (χ3v) is 4.12. The molecule has 4 heteroatoms. The van der Waals surface area contributed by atoms with Crippen molar-refractivity contribution in [2.24, 2.45) is 17.3 Å². The maximum absolute atomic E-state index is 12.2. The van der Waals surface area contributed by atoms with Gasteiger partial charge >= 0.3 is 5.97 Å². The first kappa shape index (κ1) is 16.0. The lowest BCUT2D eigenvalue weighted by atomic mass is 9.75. The largest absolute Gasteiger partial charge is 0.481 e. The Hall–Kier alpha value is -1.06. The summed E-state index contributed by atoms with van der Waals surface area (Å²) in [6.45, 7) is 6.25. The van der Waals surface area contributed by atoms with Gasteiger partial charge in [-0.25, -0.2) is 0 Å². The Kier molecular flexibility index (Phi) is 5.83. The molecule has 4 nitrogen and oxygen atoms in total. The van der Waals surface area contributed by atoms with Gasteiger partial charge in [-0.05, 0) is 25.2 Å². The number of carboxylic acid groups (broad SMARTS) is 1. The second kappa shape index (κ2) is 6.92. The average Bonchev–Trinajstić information content (AvgIpc) is 2.34. The van der Waals surface area contributed by atoms with Crippen LogP contribution in [0.2, 0.25) is 0 Å². The van der Waals surface area contributed by atoms with Crippen LogP contribution >= 0.6 is 0 Å². The quantitative estimate of drug-likeness (QED) is 0.779. The van der Waals surface area contributed by atoms with Gasteiger partial charge in [-0.3, -0.25) is 9.59 Å². The minimum atomic E-state index is -0.817. The second-order valence-electron chi connectivity index (χ2n) is 6.50. The maximum atomic E-state index is 12.2. The summed E-state index contributed by atoms with van der Waals surface area (Å²) in [7, 11) is 0. The number of amides is 1. The Labute approximate surface area is 116 Å². The van der Waals surface area contributed by atoms with Gasteiger partial charge in [-0.15, -0.1) is 0 Å². The lowest BCUT2D eigenvalue weighted by molar-refractivity contribution is -0.142. The third-order valence-electron chi connectivity index (χ3n) is 4.12. The van der Waals surface area contributed by atoms with Crippen molar-refractivity contribution < 1.29 is 14.7 Å². The zero-order chi connectivity index (χ0) is 14.5. The molecule has 1 aliphatic carbocycles. The van der Waals surface area contributed by atoms with Crippen molar-refractivity contribution in [2.45, 2.75) is 59.3 Å². The molecule has 0 spiro atoms. The number of carboxylic acids is 1. The SMILES string of the molecule is CC(C)CC(CNC(=O)C1(C)CCCCC1)C(=O)O. The minimum absolute atomic E-state index is 0.0298. The average molecular weight is 269 g/mol. The van der Waals surface area contributed by atoms with Crippen LogP contribution in [-0.2, 0) is 9.59 Å². The lowest BCUT2D eigenvalue weighted by Crippen LogP contribution is -2.43. The molecule has 0 saturated heterocycles. The zero-order valence-electron chi connectivity index (χ0n) is 12.4. The van der Waals surface area contributed by atoms with Crippen molar-refractivity contribution in [1.29, 1.82) is 0 Å². The fraction of sp³-hybridized carbons (Fsp3) is 0.867. The number of rotatable bonds is 6. The van der Waals surface area contributed by atoms with Crippen molar-refractivity contribution in [2.75, 3.05) is 6.54 Å². The molecular formula is C15H27NO3. The first-order valence-electron chi connectivity index (χ1n) is 7.36. The second-order valence-corrected chi connectivity index (χ2v) is 6.50. The van der Waals surface area contributed by atoms with Crippen molar-refractivity contribution in [3.05, 3.63) is 0 Å². The minimum Gasteiger partial charge on any atom is -0.481 e. The molecular weight excluding hydrogens is 242 g/mol. The molecule has 19 heavy (non-hydrogen) atoms. The first-order valence-corrected chi connectivity index (χ1v) is 7.36. The van der Waals surface area contributed by atoms with E-state index in [-0.39, 0.29) is 17.9 Å². The number of nitrogens with one attached hydrogen (secondary N) is 1. The van der Waals surface area contributed by atoms with Crippen LogP contribution in [-0.4, -0.2) is 23.5 Å². The van der Waals surface area contributed by atoms with Crippen molar-refractivity contribution in [3.63, 3.8) is 0 Å². The molecule has 0 aromatic rings. The molecule has 110 valence electrons. The van der Waals surface area contributed by atoms with Crippen LogP contribution in [0.5, 0.6) is 0 Å². The Morgan fingerprint density at radius 3 is 2.26 bits per heavy atom. The summed E-state index contributed by atoms with van der Waals surface area (Å²) in [5.41, 5.74) is -0.293. The fourth-order valence-electron chi connectivity index (χ4n) is 2.83. The summed E-state index contributed by atoms with van der Waals surface area (Å²) in [6, 6.07) is 0. The monoisotopic (exact) mass is 269 g/mol. The first-order chi connectivity index (χ1) is 8.85. The molecule has 1 amide bonds. The van der Waals surface area contributed by atoms with Gasteiger partial charge in [-0.2, -0.15) is 0 Å². The molecule has 1 aliphatic rings. The Morgan fingerprint density at radius 2 is 1.79 bits per heavy atom. The lowest BCUT2D eigenvalue weighted by Gasteiger charge is -2.32. The van der Waals surface area contributed by atoms with Gasteiger partial charge in [-0.1, -0.05) is 40.0 Å². The molecule has 0 bridgehead atoms. The molecule has 1 saturated carbocycles. The topological polar surface area (TPSA) is 66.4 Å². The van der Waals surface area contributed by atoms with E-state index in [0.29, 0.717) is 12.3 Å². The molecule has 0 aromatic heterocycles. The Balaban J connectivity index is 2.49. The van der Waals surface area contributed by atoms with E-state index in [4.69, 9.17) is 5.11 Å². The van der Waals surface area contributed by atoms with Crippen LogP contribution in [0.3, 0.4) is 0 Å². The third kappa shape index (κ3) is 4.84. The molecule has 1 unspecified atom stereocenters.